The molecule has 2 aromatic rings. The Morgan fingerprint density at radius 3 is 2.62 bits per heavy atom. The summed E-state index contributed by atoms with van der Waals surface area (Å²) in [5.74, 6) is 0. The average Bonchev–Trinajstić information content (AvgIpc) is 2.81. The Morgan fingerprint density at radius 2 is 2.00 bits per heavy atom. The summed E-state index contributed by atoms with van der Waals surface area (Å²) in [5, 5.41) is 7.85. The molecule has 1 atom stereocenters. The summed E-state index contributed by atoms with van der Waals surface area (Å²) >= 11 is 4.08. The normalized spacial score (nSPS) is 12.6. The van der Waals surface area contributed by atoms with Crippen LogP contribution in [-0.4, -0.2) is 0 Å². The van der Waals surface area contributed by atoms with Crippen LogP contribution in [0.2, 0.25) is 0 Å². The molecule has 16 heavy (non-hydrogen) atoms. The number of thiophene rings is 1. The first-order chi connectivity index (χ1) is 7.75. The maximum absolute atomic E-state index is 3.52. The Hall–Kier alpha value is -0.390. The molecule has 0 bridgehead atoms. The van der Waals surface area contributed by atoms with E-state index in [0.29, 0.717) is 6.04 Å². The van der Waals surface area contributed by atoms with Crippen LogP contribution in [0.1, 0.15) is 24.1 Å². The van der Waals surface area contributed by atoms with Crippen molar-refractivity contribution in [3.05, 3.63) is 55.8 Å². The number of hydrogen-bond donors (Lipinski definition) is 1. The third-order valence-corrected chi connectivity index (χ3v) is 3.99. The van der Waals surface area contributed by atoms with Gasteiger partial charge in [0.2, 0.25) is 0 Å². The van der Waals surface area contributed by atoms with Crippen molar-refractivity contribution in [1.29, 1.82) is 0 Å². The van der Waals surface area contributed by atoms with Crippen molar-refractivity contribution in [1.82, 2.24) is 5.32 Å². The molecular formula is C13H14INS. The summed E-state index contributed by atoms with van der Waals surface area (Å²) in [4.78, 5) is 0. The molecule has 0 aliphatic carbocycles. The molecule has 1 nitrogen and oxygen atoms in total. The van der Waals surface area contributed by atoms with Gasteiger partial charge in [-0.25, -0.2) is 0 Å². The van der Waals surface area contributed by atoms with Crippen molar-refractivity contribution in [3.8, 4) is 0 Å². The van der Waals surface area contributed by atoms with E-state index in [2.05, 4.69) is 75.9 Å². The van der Waals surface area contributed by atoms with E-state index in [1.807, 2.05) is 0 Å². The third kappa shape index (κ3) is 3.30. The topological polar surface area (TPSA) is 12.0 Å². The summed E-state index contributed by atoms with van der Waals surface area (Å²) in [6.07, 6.45) is 0. The van der Waals surface area contributed by atoms with Crippen molar-refractivity contribution in [2.45, 2.75) is 19.5 Å². The van der Waals surface area contributed by atoms with Gasteiger partial charge in [0.25, 0.3) is 0 Å². The summed E-state index contributed by atoms with van der Waals surface area (Å²) in [6.45, 7) is 3.13. The van der Waals surface area contributed by atoms with Crippen LogP contribution in [0.3, 0.4) is 0 Å². The predicted molar refractivity (Wildman–Crippen MR) is 78.7 cm³/mol. The number of hydrogen-bond acceptors (Lipinski definition) is 2. The monoisotopic (exact) mass is 343 g/mol. The molecule has 1 heterocycles. The first-order valence-corrected chi connectivity index (χ1v) is 7.28. The van der Waals surface area contributed by atoms with Gasteiger partial charge in [-0.3, -0.25) is 0 Å². The highest BCUT2D eigenvalue weighted by Crippen LogP contribution is 2.16. The minimum absolute atomic E-state index is 0.422. The predicted octanol–water partition coefficient (Wildman–Crippen LogP) is 4.20. The molecule has 1 aromatic heterocycles. The van der Waals surface area contributed by atoms with Gasteiger partial charge in [-0.2, -0.15) is 11.3 Å². The number of benzene rings is 1. The Labute approximate surface area is 114 Å². The van der Waals surface area contributed by atoms with E-state index in [1.165, 1.54) is 14.7 Å². The fourth-order valence-electron chi connectivity index (χ4n) is 1.51. The van der Waals surface area contributed by atoms with Crippen molar-refractivity contribution in [3.63, 3.8) is 0 Å². The molecule has 0 spiro atoms. The van der Waals surface area contributed by atoms with Crippen molar-refractivity contribution < 1.29 is 0 Å². The first-order valence-electron chi connectivity index (χ1n) is 5.25. The van der Waals surface area contributed by atoms with E-state index < -0.39 is 0 Å². The van der Waals surface area contributed by atoms with Crippen molar-refractivity contribution >= 4 is 33.9 Å². The van der Waals surface area contributed by atoms with E-state index in [-0.39, 0.29) is 0 Å². The van der Waals surface area contributed by atoms with Gasteiger partial charge in [-0.1, -0.05) is 12.1 Å². The fourth-order valence-corrected chi connectivity index (χ4v) is 2.63. The zero-order valence-electron chi connectivity index (χ0n) is 9.11. The first kappa shape index (κ1) is 12.1. The fraction of sp³-hybridized carbons (Fsp3) is 0.231. The Kier molecular flexibility index (Phi) is 4.37. The molecule has 0 amide bonds. The van der Waals surface area contributed by atoms with Crippen LogP contribution in [0.5, 0.6) is 0 Å². The van der Waals surface area contributed by atoms with Gasteiger partial charge in [-0.15, -0.1) is 0 Å². The molecule has 2 rings (SSSR count). The second kappa shape index (κ2) is 5.80. The van der Waals surface area contributed by atoms with Crippen LogP contribution in [0.15, 0.2) is 41.1 Å². The lowest BCUT2D eigenvalue weighted by atomic mass is 10.1. The van der Waals surface area contributed by atoms with E-state index in [9.17, 15) is 0 Å². The molecule has 84 valence electrons. The summed E-state index contributed by atoms with van der Waals surface area (Å²) in [7, 11) is 0. The maximum atomic E-state index is 3.52. The highest BCUT2D eigenvalue weighted by Gasteiger charge is 2.04. The molecule has 0 radical (unpaired) electrons. The second-order valence-electron chi connectivity index (χ2n) is 3.79. The van der Waals surface area contributed by atoms with E-state index >= 15 is 0 Å². The van der Waals surface area contributed by atoms with Gasteiger partial charge in [0.15, 0.2) is 0 Å². The van der Waals surface area contributed by atoms with Crippen LogP contribution in [-0.2, 0) is 6.54 Å². The van der Waals surface area contributed by atoms with E-state index in [4.69, 9.17) is 0 Å². The summed E-state index contributed by atoms with van der Waals surface area (Å²) < 4.78 is 1.28. The van der Waals surface area contributed by atoms with Crippen molar-refractivity contribution in [2.24, 2.45) is 0 Å². The molecule has 0 saturated heterocycles. The van der Waals surface area contributed by atoms with Crippen molar-refractivity contribution in [2.75, 3.05) is 0 Å². The van der Waals surface area contributed by atoms with Crippen LogP contribution < -0.4 is 5.32 Å². The standard InChI is InChI=1S/C13H14INS/c1-10(12-6-7-16-9-12)15-8-11-2-4-13(14)5-3-11/h2-7,9-10,15H,8H2,1H3. The van der Waals surface area contributed by atoms with Gasteiger partial charge < -0.3 is 5.32 Å². The smallest absolute Gasteiger partial charge is 0.0303 e. The minimum Gasteiger partial charge on any atom is -0.306 e. The quantitative estimate of drug-likeness (QED) is 0.821. The Bertz CT molecular complexity index is 422. The third-order valence-electron chi connectivity index (χ3n) is 2.57. The molecule has 3 heteroatoms. The number of rotatable bonds is 4. The number of halogens is 1. The maximum Gasteiger partial charge on any atom is 0.0303 e. The number of nitrogens with one attached hydrogen (secondary N) is 1. The zero-order chi connectivity index (χ0) is 11.4. The molecule has 0 fully saturated rings. The minimum atomic E-state index is 0.422. The Morgan fingerprint density at radius 1 is 1.25 bits per heavy atom. The lowest BCUT2D eigenvalue weighted by molar-refractivity contribution is 0.576. The van der Waals surface area contributed by atoms with Crippen LogP contribution >= 0.6 is 33.9 Å². The zero-order valence-corrected chi connectivity index (χ0v) is 12.1. The lowest BCUT2D eigenvalue weighted by Gasteiger charge is -2.12. The second-order valence-corrected chi connectivity index (χ2v) is 5.81. The van der Waals surface area contributed by atoms with Gasteiger partial charge >= 0.3 is 0 Å². The van der Waals surface area contributed by atoms with Gasteiger partial charge in [0.05, 0.1) is 0 Å². The molecule has 0 saturated carbocycles. The average molecular weight is 343 g/mol. The highest BCUT2D eigenvalue weighted by atomic mass is 127. The molecule has 1 unspecified atom stereocenters. The SMILES string of the molecule is CC(NCc1ccc(I)cc1)c1ccsc1. The van der Waals surface area contributed by atoms with Crippen LogP contribution in [0.25, 0.3) is 0 Å². The van der Waals surface area contributed by atoms with Gasteiger partial charge in [0.1, 0.15) is 0 Å². The van der Waals surface area contributed by atoms with E-state index in [1.54, 1.807) is 11.3 Å². The van der Waals surface area contributed by atoms with Gasteiger partial charge in [-0.05, 0) is 69.6 Å². The summed E-state index contributed by atoms with van der Waals surface area (Å²) in [5.41, 5.74) is 2.71. The highest BCUT2D eigenvalue weighted by molar-refractivity contribution is 14.1. The molecule has 1 N–H and O–H groups in total. The molecule has 0 aliphatic heterocycles. The summed E-state index contributed by atoms with van der Waals surface area (Å²) in [6, 6.07) is 11.2. The van der Waals surface area contributed by atoms with Crippen LogP contribution in [0, 0.1) is 3.57 Å². The van der Waals surface area contributed by atoms with Gasteiger partial charge in [0, 0.05) is 16.2 Å². The molecule has 1 aromatic carbocycles. The van der Waals surface area contributed by atoms with Crippen LogP contribution in [0.4, 0.5) is 0 Å². The largest absolute Gasteiger partial charge is 0.306 e. The molecule has 0 aliphatic rings. The van der Waals surface area contributed by atoms with E-state index in [0.717, 1.165) is 6.54 Å². The lowest BCUT2D eigenvalue weighted by Crippen LogP contribution is -2.17. The molecular weight excluding hydrogens is 329 g/mol. The Balaban J connectivity index is 1.90.